The van der Waals surface area contributed by atoms with Crippen LogP contribution >= 0.6 is 0 Å². The quantitative estimate of drug-likeness (QED) is 0.212. The van der Waals surface area contributed by atoms with Crippen molar-refractivity contribution in [1.29, 1.82) is 0 Å². The molecule has 2 amide bonds. The summed E-state index contributed by atoms with van der Waals surface area (Å²) in [5.41, 5.74) is 1.22. The van der Waals surface area contributed by atoms with Crippen LogP contribution in [0.25, 0.3) is 0 Å². The van der Waals surface area contributed by atoms with Gasteiger partial charge in [0.15, 0.2) is 5.96 Å². The van der Waals surface area contributed by atoms with Crippen LogP contribution in [0, 0.1) is 23.7 Å². The van der Waals surface area contributed by atoms with Crippen molar-refractivity contribution in [3.8, 4) is 0 Å². The number of imide groups is 1. The van der Waals surface area contributed by atoms with Crippen LogP contribution in [0.3, 0.4) is 0 Å². The predicted octanol–water partition coefficient (Wildman–Crippen LogP) is 1.79. The van der Waals surface area contributed by atoms with Crippen molar-refractivity contribution in [1.82, 2.24) is 25.1 Å². The Labute approximate surface area is 193 Å². The zero-order chi connectivity index (χ0) is 22.8. The van der Waals surface area contributed by atoms with E-state index in [9.17, 15) is 9.59 Å². The van der Waals surface area contributed by atoms with Crippen LogP contribution in [0.1, 0.15) is 24.2 Å². The molecule has 2 heterocycles. The monoisotopic (exact) mass is 446 g/mol. The number of aromatic nitrogens is 2. The number of carbonyl (C=O) groups excluding carboxylic acids is 2. The van der Waals surface area contributed by atoms with E-state index in [-0.39, 0.29) is 35.5 Å². The van der Waals surface area contributed by atoms with Gasteiger partial charge in [0, 0.05) is 39.1 Å². The van der Waals surface area contributed by atoms with Crippen LogP contribution in [0.5, 0.6) is 0 Å². The fraction of sp³-hybridized carbons (Fsp3) is 0.440. The Balaban J connectivity index is 1.07. The van der Waals surface area contributed by atoms with Crippen molar-refractivity contribution in [2.24, 2.45) is 28.7 Å². The summed E-state index contributed by atoms with van der Waals surface area (Å²) in [6.07, 6.45) is 9.68. The SMILES string of the molecule is CN=C(NCCCN1C(=O)C2C3C=CC(C3)C2C1=O)NCc1nccn1Cc1ccccc1. The number of benzene rings is 1. The summed E-state index contributed by atoms with van der Waals surface area (Å²) in [7, 11) is 1.73. The lowest BCUT2D eigenvalue weighted by Crippen LogP contribution is -2.40. The zero-order valence-corrected chi connectivity index (χ0v) is 18.9. The number of allylic oxidation sites excluding steroid dienone is 2. The van der Waals surface area contributed by atoms with Gasteiger partial charge in [-0.25, -0.2) is 4.98 Å². The summed E-state index contributed by atoms with van der Waals surface area (Å²) < 4.78 is 2.11. The maximum Gasteiger partial charge on any atom is 0.233 e. The van der Waals surface area contributed by atoms with Gasteiger partial charge >= 0.3 is 0 Å². The number of nitrogens with one attached hydrogen (secondary N) is 2. The number of carbonyl (C=O) groups is 2. The summed E-state index contributed by atoms with van der Waals surface area (Å²) in [5.74, 6) is 1.93. The first-order valence-electron chi connectivity index (χ1n) is 11.7. The smallest absolute Gasteiger partial charge is 0.233 e. The minimum Gasteiger partial charge on any atom is -0.356 e. The van der Waals surface area contributed by atoms with Crippen molar-refractivity contribution < 1.29 is 9.59 Å². The third kappa shape index (κ3) is 4.17. The Bertz CT molecular complexity index is 1050. The Hall–Kier alpha value is -3.42. The van der Waals surface area contributed by atoms with Gasteiger partial charge in [0.2, 0.25) is 11.8 Å². The lowest BCUT2D eigenvalue weighted by Gasteiger charge is -2.18. The Kier molecular flexibility index (Phi) is 5.98. The van der Waals surface area contributed by atoms with E-state index in [4.69, 9.17) is 0 Å². The molecular weight excluding hydrogens is 416 g/mol. The van der Waals surface area contributed by atoms with Gasteiger partial charge in [-0.1, -0.05) is 42.5 Å². The molecule has 8 heteroatoms. The molecule has 4 atom stereocenters. The molecule has 1 aliphatic heterocycles. The molecule has 1 saturated carbocycles. The van der Waals surface area contributed by atoms with E-state index in [2.05, 4.69) is 49.5 Å². The van der Waals surface area contributed by atoms with E-state index < -0.39 is 0 Å². The fourth-order valence-corrected chi connectivity index (χ4v) is 5.44. The highest BCUT2D eigenvalue weighted by Crippen LogP contribution is 2.52. The van der Waals surface area contributed by atoms with Crippen molar-refractivity contribution in [2.45, 2.75) is 25.9 Å². The number of guanidine groups is 1. The summed E-state index contributed by atoms with van der Waals surface area (Å²) in [6, 6.07) is 10.3. The van der Waals surface area contributed by atoms with Gasteiger partial charge in [-0.05, 0) is 30.2 Å². The average Bonchev–Trinajstić information content (AvgIpc) is 3.60. The molecule has 8 nitrogen and oxygen atoms in total. The fourth-order valence-electron chi connectivity index (χ4n) is 5.44. The molecule has 4 unspecified atom stereocenters. The van der Waals surface area contributed by atoms with E-state index in [0.717, 1.165) is 18.8 Å². The topological polar surface area (TPSA) is 91.6 Å². The molecule has 2 N–H and O–H groups in total. The third-order valence-electron chi connectivity index (χ3n) is 7.05. The Morgan fingerprint density at radius 2 is 1.82 bits per heavy atom. The van der Waals surface area contributed by atoms with Crippen molar-refractivity contribution in [3.63, 3.8) is 0 Å². The molecule has 2 aliphatic carbocycles. The zero-order valence-electron chi connectivity index (χ0n) is 18.9. The molecule has 1 saturated heterocycles. The molecule has 2 aromatic rings. The number of amides is 2. The molecule has 2 bridgehead atoms. The maximum atomic E-state index is 12.8. The third-order valence-corrected chi connectivity index (χ3v) is 7.05. The number of nitrogens with zero attached hydrogens (tertiary/aromatic N) is 4. The van der Waals surface area contributed by atoms with E-state index in [1.807, 2.05) is 24.4 Å². The van der Waals surface area contributed by atoms with Gasteiger partial charge < -0.3 is 15.2 Å². The summed E-state index contributed by atoms with van der Waals surface area (Å²) in [4.78, 5) is 35.8. The number of aliphatic imine (C=N–C) groups is 1. The van der Waals surface area contributed by atoms with Gasteiger partial charge in [-0.15, -0.1) is 0 Å². The number of likely N-dealkylation sites (tertiary alicyclic amines) is 1. The van der Waals surface area contributed by atoms with Crippen LogP contribution < -0.4 is 10.6 Å². The van der Waals surface area contributed by atoms with Gasteiger partial charge in [-0.3, -0.25) is 19.5 Å². The lowest BCUT2D eigenvalue weighted by atomic mass is 9.85. The minimum atomic E-state index is -0.116. The second-order valence-electron chi connectivity index (χ2n) is 8.99. The highest BCUT2D eigenvalue weighted by atomic mass is 16.2. The van der Waals surface area contributed by atoms with Crippen LogP contribution in [0.15, 0.2) is 59.9 Å². The van der Waals surface area contributed by atoms with Gasteiger partial charge in [0.1, 0.15) is 5.82 Å². The molecule has 1 aromatic heterocycles. The van der Waals surface area contributed by atoms with E-state index >= 15 is 0 Å². The highest BCUT2D eigenvalue weighted by Gasteiger charge is 2.58. The molecule has 1 aromatic carbocycles. The Morgan fingerprint density at radius 3 is 2.52 bits per heavy atom. The van der Waals surface area contributed by atoms with Crippen LogP contribution in [-0.4, -0.2) is 52.4 Å². The summed E-state index contributed by atoms with van der Waals surface area (Å²) in [5, 5.41) is 6.57. The first-order valence-corrected chi connectivity index (χ1v) is 11.7. The standard InChI is InChI=1S/C25H30N6O2/c1-26-25(29-15-20-27-11-13-30(20)16-17-6-3-2-4-7-17)28-10-5-12-31-23(32)21-18-8-9-19(14-18)22(21)24(31)33/h2-4,6-9,11,13,18-19,21-22H,5,10,12,14-16H2,1H3,(H2,26,28,29). The summed E-state index contributed by atoms with van der Waals surface area (Å²) >= 11 is 0. The highest BCUT2D eigenvalue weighted by molar-refractivity contribution is 6.06. The van der Waals surface area contributed by atoms with Crippen molar-refractivity contribution in [3.05, 3.63) is 66.3 Å². The van der Waals surface area contributed by atoms with Crippen LogP contribution in [0.2, 0.25) is 0 Å². The number of rotatable bonds is 8. The molecule has 33 heavy (non-hydrogen) atoms. The largest absolute Gasteiger partial charge is 0.356 e. The number of fused-ring (bicyclic) bond motifs is 5. The molecule has 2 fully saturated rings. The second-order valence-corrected chi connectivity index (χ2v) is 8.99. The predicted molar refractivity (Wildman–Crippen MR) is 125 cm³/mol. The van der Waals surface area contributed by atoms with Gasteiger partial charge in [0.05, 0.1) is 18.4 Å². The van der Waals surface area contributed by atoms with Gasteiger partial charge in [-0.2, -0.15) is 0 Å². The number of hydrogen-bond acceptors (Lipinski definition) is 4. The molecule has 5 rings (SSSR count). The normalized spacial score (nSPS) is 25.7. The van der Waals surface area contributed by atoms with Gasteiger partial charge in [0.25, 0.3) is 0 Å². The van der Waals surface area contributed by atoms with E-state index in [1.54, 1.807) is 13.2 Å². The molecule has 3 aliphatic rings. The molecule has 0 spiro atoms. The Morgan fingerprint density at radius 1 is 1.09 bits per heavy atom. The first kappa shape index (κ1) is 21.4. The van der Waals surface area contributed by atoms with E-state index in [1.165, 1.54) is 10.5 Å². The number of imidazole rings is 1. The molecule has 0 radical (unpaired) electrons. The average molecular weight is 447 g/mol. The van der Waals surface area contributed by atoms with E-state index in [0.29, 0.717) is 32.0 Å². The lowest BCUT2D eigenvalue weighted by molar-refractivity contribution is -0.140. The van der Waals surface area contributed by atoms with Crippen molar-refractivity contribution in [2.75, 3.05) is 20.1 Å². The number of hydrogen-bond donors (Lipinski definition) is 2. The molecule has 172 valence electrons. The second kappa shape index (κ2) is 9.21. The maximum absolute atomic E-state index is 12.8. The summed E-state index contributed by atoms with van der Waals surface area (Å²) in [6.45, 7) is 2.38. The van der Waals surface area contributed by atoms with Crippen molar-refractivity contribution >= 4 is 17.8 Å². The van der Waals surface area contributed by atoms with Crippen LogP contribution in [0.4, 0.5) is 0 Å². The first-order chi connectivity index (χ1) is 16.2. The van der Waals surface area contributed by atoms with Crippen LogP contribution in [-0.2, 0) is 22.7 Å². The minimum absolute atomic E-state index is 0.0228. The molecular formula is C25H30N6O2.